The Morgan fingerprint density at radius 2 is 1.94 bits per heavy atom. The van der Waals surface area contributed by atoms with Gasteiger partial charge in [0.15, 0.2) is 5.16 Å². The molecule has 5 rings (SSSR count). The number of furan rings is 1. The monoisotopic (exact) mass is 449 g/mol. The summed E-state index contributed by atoms with van der Waals surface area (Å²) < 4.78 is 7.40. The van der Waals surface area contributed by atoms with Crippen LogP contribution < -0.4 is 10.9 Å². The Morgan fingerprint density at radius 1 is 1.16 bits per heavy atom. The van der Waals surface area contributed by atoms with Crippen molar-refractivity contribution in [1.82, 2.24) is 9.55 Å². The average molecular weight is 450 g/mol. The topological polar surface area (TPSA) is 77.1 Å². The summed E-state index contributed by atoms with van der Waals surface area (Å²) in [6, 6.07) is 13.5. The van der Waals surface area contributed by atoms with Gasteiger partial charge in [0.2, 0.25) is 5.91 Å². The normalized spacial score (nSPS) is 11.6. The molecule has 0 unspecified atom stereocenters. The van der Waals surface area contributed by atoms with Crippen molar-refractivity contribution in [1.29, 1.82) is 0 Å². The Hall–Kier alpha value is -3.10. The number of hydrogen-bond acceptors (Lipinski definition) is 6. The summed E-state index contributed by atoms with van der Waals surface area (Å²) in [5.74, 6) is -0.0267. The number of rotatable bonds is 4. The van der Waals surface area contributed by atoms with Crippen LogP contribution in [0.5, 0.6) is 0 Å². The Bertz CT molecular complexity index is 1550. The number of fused-ring (bicyclic) bond motifs is 4. The number of carbonyl (C=O) groups excluding carboxylic acids is 1. The predicted molar refractivity (Wildman–Crippen MR) is 127 cm³/mol. The first kappa shape index (κ1) is 19.8. The van der Waals surface area contributed by atoms with Crippen LogP contribution in [0.25, 0.3) is 32.2 Å². The second-order valence-corrected chi connectivity index (χ2v) is 9.51. The van der Waals surface area contributed by atoms with Gasteiger partial charge in [0.05, 0.1) is 11.1 Å². The van der Waals surface area contributed by atoms with Gasteiger partial charge in [-0.15, -0.1) is 11.3 Å². The number of aryl methyl sites for hydroxylation is 2. The van der Waals surface area contributed by atoms with Crippen LogP contribution in [0, 0.1) is 13.8 Å². The van der Waals surface area contributed by atoms with Crippen LogP contribution in [-0.4, -0.2) is 21.2 Å². The number of anilines is 1. The first-order valence-electron chi connectivity index (χ1n) is 9.73. The summed E-state index contributed by atoms with van der Waals surface area (Å²) in [5.41, 5.74) is 3.11. The van der Waals surface area contributed by atoms with Crippen molar-refractivity contribution in [3.63, 3.8) is 0 Å². The van der Waals surface area contributed by atoms with E-state index in [4.69, 9.17) is 4.42 Å². The van der Waals surface area contributed by atoms with Gasteiger partial charge in [0.1, 0.15) is 16.0 Å². The largest absolute Gasteiger partial charge is 0.456 e. The number of nitrogens with zero attached hydrogens (tertiary/aromatic N) is 2. The van der Waals surface area contributed by atoms with Gasteiger partial charge in [-0.25, -0.2) is 4.98 Å². The Labute approximate surface area is 185 Å². The number of hydrogen-bond donors (Lipinski definition) is 1. The van der Waals surface area contributed by atoms with E-state index >= 15 is 0 Å². The van der Waals surface area contributed by atoms with Gasteiger partial charge in [0.25, 0.3) is 5.56 Å². The lowest BCUT2D eigenvalue weighted by Gasteiger charge is -2.08. The quantitative estimate of drug-likeness (QED) is 0.300. The first-order valence-corrected chi connectivity index (χ1v) is 11.5. The summed E-state index contributed by atoms with van der Waals surface area (Å²) in [6.07, 6.45) is 0. The van der Waals surface area contributed by atoms with Crippen molar-refractivity contribution in [3.8, 4) is 0 Å². The van der Waals surface area contributed by atoms with E-state index in [2.05, 4.69) is 10.3 Å². The molecule has 0 aliphatic heterocycles. The van der Waals surface area contributed by atoms with E-state index in [1.165, 1.54) is 27.7 Å². The van der Waals surface area contributed by atoms with E-state index in [1.807, 2.05) is 56.3 Å². The zero-order valence-electron chi connectivity index (χ0n) is 17.2. The third-order valence-corrected chi connectivity index (χ3v) is 7.50. The molecule has 0 aliphatic rings. The molecule has 0 bridgehead atoms. The van der Waals surface area contributed by atoms with Crippen LogP contribution in [0.3, 0.4) is 0 Å². The van der Waals surface area contributed by atoms with E-state index in [0.717, 1.165) is 37.2 Å². The number of para-hydroxylation sites is 1. The highest BCUT2D eigenvalue weighted by Crippen LogP contribution is 2.31. The molecule has 0 radical (unpaired) electrons. The molecule has 1 N–H and O–H groups in total. The van der Waals surface area contributed by atoms with Gasteiger partial charge >= 0.3 is 0 Å². The molecule has 31 heavy (non-hydrogen) atoms. The molecular formula is C23H19N3O3S2. The highest BCUT2D eigenvalue weighted by molar-refractivity contribution is 7.99. The van der Waals surface area contributed by atoms with Gasteiger partial charge in [-0.1, -0.05) is 30.0 Å². The fraction of sp³-hybridized carbons (Fsp3) is 0.174. The number of aromatic nitrogens is 2. The smallest absolute Gasteiger partial charge is 0.262 e. The lowest BCUT2D eigenvalue weighted by Crippen LogP contribution is -2.21. The number of carbonyl (C=O) groups is 1. The lowest BCUT2D eigenvalue weighted by atomic mass is 10.1. The fourth-order valence-electron chi connectivity index (χ4n) is 3.62. The number of thioether (sulfide) groups is 1. The molecule has 0 aliphatic carbocycles. The predicted octanol–water partition coefficient (Wildman–Crippen LogP) is 5.24. The molecule has 5 aromatic rings. The Kier molecular flexibility index (Phi) is 4.83. The van der Waals surface area contributed by atoms with Gasteiger partial charge in [-0.3, -0.25) is 14.2 Å². The molecular weight excluding hydrogens is 430 g/mol. The number of nitrogens with one attached hydrogen (secondary N) is 1. The van der Waals surface area contributed by atoms with Crippen LogP contribution in [0.1, 0.15) is 10.4 Å². The van der Waals surface area contributed by atoms with Crippen molar-refractivity contribution < 1.29 is 9.21 Å². The molecule has 0 saturated carbocycles. The molecule has 0 atom stereocenters. The van der Waals surface area contributed by atoms with Crippen molar-refractivity contribution >= 4 is 66.8 Å². The van der Waals surface area contributed by atoms with Crippen molar-refractivity contribution in [2.24, 2.45) is 7.05 Å². The van der Waals surface area contributed by atoms with Gasteiger partial charge in [-0.05, 0) is 37.6 Å². The fourth-order valence-corrected chi connectivity index (χ4v) is 5.46. The van der Waals surface area contributed by atoms with E-state index in [-0.39, 0.29) is 17.2 Å². The zero-order chi connectivity index (χ0) is 21.7. The summed E-state index contributed by atoms with van der Waals surface area (Å²) in [7, 11) is 1.69. The standard InChI is InChI=1S/C23H19N3O3S2/c1-12-13(2)31-21-20(12)22(28)26(3)23(25-21)30-11-19(27)24-14-8-9-16-15-6-4-5-7-17(15)29-18(16)10-14/h4-10H,11H2,1-3H3,(H,24,27). The third-order valence-electron chi connectivity index (χ3n) is 5.36. The second-order valence-electron chi connectivity index (χ2n) is 7.37. The van der Waals surface area contributed by atoms with E-state index in [0.29, 0.717) is 16.2 Å². The van der Waals surface area contributed by atoms with Crippen LogP contribution in [0.15, 0.2) is 56.8 Å². The molecule has 2 aromatic carbocycles. The van der Waals surface area contributed by atoms with E-state index in [9.17, 15) is 9.59 Å². The minimum Gasteiger partial charge on any atom is -0.456 e. The first-order chi connectivity index (χ1) is 14.9. The molecule has 8 heteroatoms. The Balaban J connectivity index is 1.35. The molecule has 0 spiro atoms. The second kappa shape index (κ2) is 7.55. The highest BCUT2D eigenvalue weighted by Gasteiger charge is 2.16. The van der Waals surface area contributed by atoms with E-state index < -0.39 is 0 Å². The third kappa shape index (κ3) is 3.41. The van der Waals surface area contributed by atoms with Crippen LogP contribution in [0.2, 0.25) is 0 Å². The summed E-state index contributed by atoms with van der Waals surface area (Å²) >= 11 is 2.76. The van der Waals surface area contributed by atoms with Crippen molar-refractivity contribution in [2.45, 2.75) is 19.0 Å². The van der Waals surface area contributed by atoms with Crippen LogP contribution in [0.4, 0.5) is 5.69 Å². The highest BCUT2D eigenvalue weighted by atomic mass is 32.2. The van der Waals surface area contributed by atoms with E-state index in [1.54, 1.807) is 7.05 Å². The number of benzene rings is 2. The molecule has 0 saturated heterocycles. The molecule has 6 nitrogen and oxygen atoms in total. The van der Waals surface area contributed by atoms with Crippen LogP contribution in [-0.2, 0) is 11.8 Å². The molecule has 0 fully saturated rings. The Morgan fingerprint density at radius 3 is 2.77 bits per heavy atom. The molecule has 1 amide bonds. The summed E-state index contributed by atoms with van der Waals surface area (Å²) in [6.45, 7) is 3.93. The molecule has 3 heterocycles. The summed E-state index contributed by atoms with van der Waals surface area (Å²) in [4.78, 5) is 31.7. The maximum atomic E-state index is 12.7. The average Bonchev–Trinajstić information content (AvgIpc) is 3.26. The van der Waals surface area contributed by atoms with Crippen LogP contribution >= 0.6 is 23.1 Å². The minimum absolute atomic E-state index is 0.0786. The zero-order valence-corrected chi connectivity index (χ0v) is 18.8. The maximum Gasteiger partial charge on any atom is 0.262 e. The SMILES string of the molecule is Cc1sc2nc(SCC(=O)Nc3ccc4c(c3)oc3ccccc34)n(C)c(=O)c2c1C. The maximum absolute atomic E-state index is 12.7. The number of thiophene rings is 1. The van der Waals surface area contributed by atoms with Crippen molar-refractivity contribution in [3.05, 3.63) is 63.3 Å². The summed E-state index contributed by atoms with van der Waals surface area (Å²) in [5, 5.41) is 6.15. The molecule has 156 valence electrons. The van der Waals surface area contributed by atoms with Gasteiger partial charge < -0.3 is 9.73 Å². The van der Waals surface area contributed by atoms with Gasteiger partial charge in [0, 0.05) is 34.5 Å². The van der Waals surface area contributed by atoms with Crippen molar-refractivity contribution in [2.75, 3.05) is 11.1 Å². The molecule has 3 aromatic heterocycles. The van der Waals surface area contributed by atoms with Gasteiger partial charge in [-0.2, -0.15) is 0 Å². The minimum atomic E-state index is -0.173. The lowest BCUT2D eigenvalue weighted by molar-refractivity contribution is -0.113. The number of amides is 1.